The molecule has 0 aliphatic rings. The number of methoxy groups -OCH3 is 1. The molecular formula is C20H16F3N5OS. The lowest BCUT2D eigenvalue weighted by Gasteiger charge is -2.12. The van der Waals surface area contributed by atoms with Gasteiger partial charge in [-0.1, -0.05) is 0 Å². The number of ether oxygens (including phenoxy) is 1. The fourth-order valence-corrected chi connectivity index (χ4v) is 3.67. The van der Waals surface area contributed by atoms with Crippen molar-refractivity contribution < 1.29 is 17.9 Å². The van der Waals surface area contributed by atoms with E-state index in [1.165, 1.54) is 12.4 Å². The Labute approximate surface area is 173 Å². The Morgan fingerprint density at radius 2 is 1.90 bits per heavy atom. The summed E-state index contributed by atoms with van der Waals surface area (Å²) < 4.78 is 43.6. The Morgan fingerprint density at radius 1 is 1.07 bits per heavy atom. The SMILES string of the molecule is COc1cc(-c2ncc(C)s2)cc2c(NCc3ccc(C(F)(F)F)cn3)ncnc12. The molecule has 1 aromatic carbocycles. The van der Waals surface area contributed by atoms with Crippen LogP contribution in [0.2, 0.25) is 0 Å². The molecule has 10 heteroatoms. The zero-order chi connectivity index (χ0) is 21.3. The highest BCUT2D eigenvalue weighted by molar-refractivity contribution is 7.14. The van der Waals surface area contributed by atoms with E-state index in [1.54, 1.807) is 24.6 Å². The van der Waals surface area contributed by atoms with Crippen molar-refractivity contribution in [3.05, 3.63) is 59.1 Å². The number of pyridine rings is 1. The van der Waals surface area contributed by atoms with Crippen LogP contribution >= 0.6 is 11.3 Å². The molecule has 0 unspecified atom stereocenters. The van der Waals surface area contributed by atoms with Crippen LogP contribution in [0.1, 0.15) is 16.1 Å². The van der Waals surface area contributed by atoms with Crippen LogP contribution in [0, 0.1) is 6.92 Å². The Balaban J connectivity index is 1.67. The van der Waals surface area contributed by atoms with Crippen LogP contribution in [0.15, 0.2) is 43.0 Å². The minimum absolute atomic E-state index is 0.202. The van der Waals surface area contributed by atoms with E-state index in [4.69, 9.17) is 4.74 Å². The van der Waals surface area contributed by atoms with Crippen molar-refractivity contribution >= 4 is 28.1 Å². The smallest absolute Gasteiger partial charge is 0.417 e. The Hall–Kier alpha value is -3.27. The zero-order valence-corrected chi connectivity index (χ0v) is 16.8. The lowest BCUT2D eigenvalue weighted by Crippen LogP contribution is -2.08. The molecule has 6 nitrogen and oxygen atoms in total. The first-order valence-corrected chi connectivity index (χ1v) is 9.68. The van der Waals surface area contributed by atoms with Gasteiger partial charge in [-0.2, -0.15) is 13.2 Å². The first kappa shape index (κ1) is 20.0. The molecule has 154 valence electrons. The summed E-state index contributed by atoms with van der Waals surface area (Å²) in [5.41, 5.74) is 1.15. The minimum atomic E-state index is -4.41. The molecule has 0 saturated carbocycles. The number of halogens is 3. The molecule has 30 heavy (non-hydrogen) atoms. The summed E-state index contributed by atoms with van der Waals surface area (Å²) >= 11 is 1.56. The predicted octanol–water partition coefficient (Wildman–Crippen LogP) is 5.10. The molecule has 4 rings (SSSR count). The monoisotopic (exact) mass is 431 g/mol. The summed E-state index contributed by atoms with van der Waals surface area (Å²) in [7, 11) is 1.56. The van der Waals surface area contributed by atoms with E-state index in [0.29, 0.717) is 28.2 Å². The van der Waals surface area contributed by atoms with Crippen molar-refractivity contribution in [1.82, 2.24) is 19.9 Å². The van der Waals surface area contributed by atoms with Crippen LogP contribution in [-0.2, 0) is 12.7 Å². The summed E-state index contributed by atoms with van der Waals surface area (Å²) in [5.74, 6) is 1.10. The third kappa shape index (κ3) is 4.04. The molecule has 0 saturated heterocycles. The lowest BCUT2D eigenvalue weighted by atomic mass is 10.1. The summed E-state index contributed by atoms with van der Waals surface area (Å²) in [6.45, 7) is 2.18. The van der Waals surface area contributed by atoms with Gasteiger partial charge in [0.2, 0.25) is 0 Å². The molecule has 0 radical (unpaired) electrons. The second kappa shape index (κ2) is 7.86. The van der Waals surface area contributed by atoms with Gasteiger partial charge in [-0.3, -0.25) is 4.98 Å². The van der Waals surface area contributed by atoms with Crippen LogP contribution in [0.5, 0.6) is 5.75 Å². The maximum atomic E-state index is 12.7. The summed E-state index contributed by atoms with van der Waals surface area (Å²) in [6, 6.07) is 6.13. The van der Waals surface area contributed by atoms with E-state index in [2.05, 4.69) is 25.3 Å². The maximum absolute atomic E-state index is 12.7. The second-order valence-electron chi connectivity index (χ2n) is 6.46. The minimum Gasteiger partial charge on any atom is -0.494 e. The molecule has 1 N–H and O–H groups in total. The largest absolute Gasteiger partial charge is 0.494 e. The van der Waals surface area contributed by atoms with Gasteiger partial charge in [0.25, 0.3) is 0 Å². The summed E-state index contributed by atoms with van der Waals surface area (Å²) in [6.07, 6.45) is -0.391. The Morgan fingerprint density at radius 3 is 2.53 bits per heavy atom. The molecular weight excluding hydrogens is 415 g/mol. The van der Waals surface area contributed by atoms with Gasteiger partial charge >= 0.3 is 6.18 Å². The number of nitrogens with one attached hydrogen (secondary N) is 1. The third-order valence-electron chi connectivity index (χ3n) is 4.38. The first-order chi connectivity index (χ1) is 14.3. The number of aromatic nitrogens is 4. The molecule has 0 aliphatic carbocycles. The van der Waals surface area contributed by atoms with Gasteiger partial charge in [0.1, 0.15) is 28.4 Å². The lowest BCUT2D eigenvalue weighted by molar-refractivity contribution is -0.137. The van der Waals surface area contributed by atoms with Crippen LogP contribution in [0.25, 0.3) is 21.5 Å². The molecule has 0 spiro atoms. The fourth-order valence-electron chi connectivity index (χ4n) is 2.91. The molecule has 0 aliphatic heterocycles. The Bertz CT molecular complexity index is 1190. The second-order valence-corrected chi connectivity index (χ2v) is 7.70. The number of rotatable bonds is 5. The average Bonchev–Trinajstić information content (AvgIpc) is 3.17. The van der Waals surface area contributed by atoms with Gasteiger partial charge in [-0.15, -0.1) is 11.3 Å². The van der Waals surface area contributed by atoms with Crippen molar-refractivity contribution in [3.63, 3.8) is 0 Å². The highest BCUT2D eigenvalue weighted by atomic mass is 32.1. The summed E-state index contributed by atoms with van der Waals surface area (Å²) in [4.78, 5) is 18.0. The molecule has 0 amide bonds. The van der Waals surface area contributed by atoms with Crippen molar-refractivity contribution in [2.24, 2.45) is 0 Å². The predicted molar refractivity (Wildman–Crippen MR) is 109 cm³/mol. The average molecular weight is 431 g/mol. The van der Waals surface area contributed by atoms with Crippen molar-refractivity contribution in [3.8, 4) is 16.3 Å². The third-order valence-corrected chi connectivity index (χ3v) is 5.34. The number of benzene rings is 1. The molecule has 3 heterocycles. The van der Waals surface area contributed by atoms with Gasteiger partial charge in [0.05, 0.1) is 24.9 Å². The van der Waals surface area contributed by atoms with E-state index in [9.17, 15) is 13.2 Å². The number of hydrogen-bond donors (Lipinski definition) is 1. The van der Waals surface area contributed by atoms with Crippen LogP contribution in [-0.4, -0.2) is 27.0 Å². The van der Waals surface area contributed by atoms with Crippen molar-refractivity contribution in [2.45, 2.75) is 19.6 Å². The van der Waals surface area contributed by atoms with E-state index in [1.807, 2.05) is 19.1 Å². The highest BCUT2D eigenvalue weighted by Crippen LogP contribution is 2.35. The van der Waals surface area contributed by atoms with Gasteiger partial charge in [-0.25, -0.2) is 15.0 Å². The first-order valence-electron chi connectivity index (χ1n) is 8.86. The molecule has 0 bridgehead atoms. The van der Waals surface area contributed by atoms with Crippen molar-refractivity contribution in [2.75, 3.05) is 12.4 Å². The normalized spacial score (nSPS) is 11.6. The molecule has 3 aromatic heterocycles. The van der Waals surface area contributed by atoms with Crippen LogP contribution in [0.4, 0.5) is 19.0 Å². The van der Waals surface area contributed by atoms with Gasteiger partial charge in [-0.05, 0) is 31.2 Å². The van der Waals surface area contributed by atoms with E-state index < -0.39 is 11.7 Å². The van der Waals surface area contributed by atoms with Gasteiger partial charge in [0, 0.05) is 28.2 Å². The number of nitrogens with zero attached hydrogens (tertiary/aromatic N) is 4. The summed E-state index contributed by atoms with van der Waals surface area (Å²) in [5, 5.41) is 4.68. The zero-order valence-electron chi connectivity index (χ0n) is 16.0. The van der Waals surface area contributed by atoms with Gasteiger partial charge in [0.15, 0.2) is 0 Å². The van der Waals surface area contributed by atoms with Crippen LogP contribution < -0.4 is 10.1 Å². The quantitative estimate of drug-likeness (QED) is 0.474. The number of anilines is 1. The van der Waals surface area contributed by atoms with Crippen molar-refractivity contribution in [1.29, 1.82) is 0 Å². The molecule has 0 fully saturated rings. The standard InChI is InChI=1S/C20H16F3N5OS/c1-11-7-26-19(30-11)12-5-15-17(16(6-12)29-2)27-10-28-18(15)25-9-14-4-3-13(8-24-14)20(21,22)23/h3-8,10H,9H2,1-2H3,(H,25,27,28). The maximum Gasteiger partial charge on any atom is 0.417 e. The number of alkyl halides is 3. The van der Waals surface area contributed by atoms with Crippen LogP contribution in [0.3, 0.4) is 0 Å². The van der Waals surface area contributed by atoms with E-state index in [-0.39, 0.29) is 6.54 Å². The number of aryl methyl sites for hydroxylation is 1. The topological polar surface area (TPSA) is 72.8 Å². The highest BCUT2D eigenvalue weighted by Gasteiger charge is 2.30. The van der Waals surface area contributed by atoms with Gasteiger partial charge < -0.3 is 10.1 Å². The van der Waals surface area contributed by atoms with E-state index in [0.717, 1.165) is 27.7 Å². The molecule has 4 aromatic rings. The van der Waals surface area contributed by atoms with E-state index >= 15 is 0 Å². The number of thiazole rings is 1. The fraction of sp³-hybridized carbons (Fsp3) is 0.200. The Kier molecular flexibility index (Phi) is 5.25. The molecule has 0 atom stereocenters. The number of hydrogen-bond acceptors (Lipinski definition) is 7. The number of fused-ring (bicyclic) bond motifs is 1.